The summed E-state index contributed by atoms with van der Waals surface area (Å²) < 4.78 is 0. The minimum atomic E-state index is 0.741. The molecule has 1 aliphatic carbocycles. The monoisotopic (exact) mass is 205 g/mol. The summed E-state index contributed by atoms with van der Waals surface area (Å²) in [5, 5.41) is 0. The fourth-order valence-corrected chi connectivity index (χ4v) is 1.72. The average Bonchev–Trinajstić information content (AvgIpc) is 3.01. The van der Waals surface area contributed by atoms with Gasteiger partial charge in [-0.1, -0.05) is 0 Å². The first-order valence-electron chi connectivity index (χ1n) is 5.63. The molecule has 1 fully saturated rings. The van der Waals surface area contributed by atoms with Gasteiger partial charge in [0.05, 0.1) is 11.9 Å². The molecule has 0 amide bonds. The van der Waals surface area contributed by atoms with Crippen LogP contribution in [-0.2, 0) is 6.42 Å². The Kier molecular flexibility index (Phi) is 3.21. The molecule has 0 unspecified atom stereocenters. The summed E-state index contributed by atoms with van der Waals surface area (Å²) >= 11 is 0. The van der Waals surface area contributed by atoms with Crippen LogP contribution in [0, 0.1) is 5.92 Å². The topological polar surface area (TPSA) is 42.1 Å². The van der Waals surface area contributed by atoms with Crippen LogP contribution < -0.4 is 5.73 Å². The molecule has 0 radical (unpaired) electrons. The van der Waals surface area contributed by atoms with Crippen LogP contribution in [0.15, 0.2) is 18.3 Å². The summed E-state index contributed by atoms with van der Waals surface area (Å²) in [6, 6.07) is 3.93. The predicted molar refractivity (Wildman–Crippen MR) is 62.6 cm³/mol. The summed E-state index contributed by atoms with van der Waals surface area (Å²) in [6.45, 7) is 2.34. The van der Waals surface area contributed by atoms with Gasteiger partial charge in [0, 0.05) is 25.2 Å². The smallest absolute Gasteiger partial charge is 0.0501 e. The number of nitrogens with two attached hydrogens (primary N) is 1. The molecular weight excluding hydrogens is 186 g/mol. The van der Waals surface area contributed by atoms with Crippen molar-refractivity contribution in [3.8, 4) is 0 Å². The van der Waals surface area contributed by atoms with Crippen molar-refractivity contribution in [1.29, 1.82) is 0 Å². The number of nitrogens with zero attached hydrogens (tertiary/aromatic N) is 2. The Balaban J connectivity index is 1.74. The minimum absolute atomic E-state index is 0.741. The van der Waals surface area contributed by atoms with E-state index >= 15 is 0 Å². The van der Waals surface area contributed by atoms with Crippen molar-refractivity contribution < 1.29 is 0 Å². The van der Waals surface area contributed by atoms with Crippen LogP contribution in [0.5, 0.6) is 0 Å². The molecule has 82 valence electrons. The molecule has 1 aromatic heterocycles. The first kappa shape index (κ1) is 10.4. The SMILES string of the molecule is CN(CCc1ccc(N)cn1)CC1CC1. The third-order valence-corrected chi connectivity index (χ3v) is 2.86. The number of hydrogen-bond donors (Lipinski definition) is 1. The number of anilines is 1. The van der Waals surface area contributed by atoms with E-state index in [-0.39, 0.29) is 0 Å². The van der Waals surface area contributed by atoms with Crippen molar-refractivity contribution in [2.24, 2.45) is 5.92 Å². The molecule has 0 saturated heterocycles. The van der Waals surface area contributed by atoms with Gasteiger partial charge in [-0.25, -0.2) is 0 Å². The summed E-state index contributed by atoms with van der Waals surface area (Å²) in [4.78, 5) is 6.69. The van der Waals surface area contributed by atoms with Gasteiger partial charge in [-0.3, -0.25) is 4.98 Å². The van der Waals surface area contributed by atoms with E-state index in [9.17, 15) is 0 Å². The molecule has 0 spiro atoms. The molecule has 2 rings (SSSR count). The van der Waals surface area contributed by atoms with Gasteiger partial charge in [0.1, 0.15) is 0 Å². The fourth-order valence-electron chi connectivity index (χ4n) is 1.72. The molecule has 1 aromatic rings. The Morgan fingerprint density at radius 1 is 1.47 bits per heavy atom. The van der Waals surface area contributed by atoms with Gasteiger partial charge >= 0.3 is 0 Å². The quantitative estimate of drug-likeness (QED) is 0.793. The van der Waals surface area contributed by atoms with Gasteiger partial charge in [-0.15, -0.1) is 0 Å². The number of nitrogen functional groups attached to an aromatic ring is 1. The molecule has 0 atom stereocenters. The predicted octanol–water partition coefficient (Wildman–Crippen LogP) is 1.55. The standard InChI is InChI=1S/C12H19N3/c1-15(9-10-2-3-10)7-6-12-5-4-11(13)8-14-12/h4-5,8,10H,2-3,6-7,9,13H2,1H3. The molecule has 1 aliphatic rings. The first-order chi connectivity index (χ1) is 7.24. The molecule has 0 aromatic carbocycles. The Bertz CT molecular complexity index is 303. The molecule has 0 aliphatic heterocycles. The lowest BCUT2D eigenvalue weighted by Gasteiger charge is -2.15. The Morgan fingerprint density at radius 3 is 2.87 bits per heavy atom. The molecule has 3 nitrogen and oxygen atoms in total. The van der Waals surface area contributed by atoms with Crippen LogP contribution in [0.25, 0.3) is 0 Å². The highest BCUT2D eigenvalue weighted by Crippen LogP contribution is 2.29. The van der Waals surface area contributed by atoms with Crippen molar-refractivity contribution >= 4 is 5.69 Å². The van der Waals surface area contributed by atoms with E-state index in [4.69, 9.17) is 5.73 Å². The molecule has 15 heavy (non-hydrogen) atoms. The maximum atomic E-state index is 5.58. The first-order valence-corrected chi connectivity index (χ1v) is 5.63. The summed E-state index contributed by atoms with van der Waals surface area (Å²) in [5.41, 5.74) is 7.46. The van der Waals surface area contributed by atoms with Gasteiger partial charge in [0.15, 0.2) is 0 Å². The Hall–Kier alpha value is -1.09. The van der Waals surface area contributed by atoms with Crippen LogP contribution in [0.4, 0.5) is 5.69 Å². The van der Waals surface area contributed by atoms with Gasteiger partial charge < -0.3 is 10.6 Å². The second kappa shape index (κ2) is 4.62. The molecule has 1 saturated carbocycles. The van der Waals surface area contributed by atoms with Crippen molar-refractivity contribution in [2.45, 2.75) is 19.3 Å². The zero-order valence-electron chi connectivity index (χ0n) is 9.32. The van der Waals surface area contributed by atoms with E-state index < -0.39 is 0 Å². The number of rotatable bonds is 5. The highest BCUT2D eigenvalue weighted by atomic mass is 15.1. The Labute approximate surface area is 91.3 Å². The van der Waals surface area contributed by atoms with Gasteiger partial charge in [-0.05, 0) is 37.9 Å². The highest BCUT2D eigenvalue weighted by Gasteiger charge is 2.22. The van der Waals surface area contributed by atoms with Crippen molar-refractivity contribution in [3.63, 3.8) is 0 Å². The van der Waals surface area contributed by atoms with Crippen LogP contribution in [0.2, 0.25) is 0 Å². The summed E-state index contributed by atoms with van der Waals surface area (Å²) in [5.74, 6) is 0.967. The number of likely N-dealkylation sites (N-methyl/N-ethyl adjacent to an activating group) is 1. The van der Waals surface area contributed by atoms with Gasteiger partial charge in [0.2, 0.25) is 0 Å². The van der Waals surface area contributed by atoms with E-state index in [2.05, 4.69) is 16.9 Å². The zero-order chi connectivity index (χ0) is 10.7. The van der Waals surface area contributed by atoms with E-state index in [1.54, 1.807) is 6.20 Å². The minimum Gasteiger partial charge on any atom is -0.397 e. The van der Waals surface area contributed by atoms with E-state index in [0.29, 0.717) is 0 Å². The number of aromatic nitrogens is 1. The molecule has 3 heteroatoms. The molecule has 0 bridgehead atoms. The van der Waals surface area contributed by atoms with Crippen LogP contribution in [0.1, 0.15) is 18.5 Å². The van der Waals surface area contributed by atoms with E-state index in [1.807, 2.05) is 12.1 Å². The maximum Gasteiger partial charge on any atom is 0.0501 e. The second-order valence-corrected chi connectivity index (χ2v) is 4.54. The molecular formula is C12H19N3. The van der Waals surface area contributed by atoms with Gasteiger partial charge in [-0.2, -0.15) is 0 Å². The van der Waals surface area contributed by atoms with Crippen molar-refractivity contribution in [1.82, 2.24) is 9.88 Å². The fraction of sp³-hybridized carbons (Fsp3) is 0.583. The molecule has 2 N–H and O–H groups in total. The zero-order valence-corrected chi connectivity index (χ0v) is 9.32. The third-order valence-electron chi connectivity index (χ3n) is 2.86. The van der Waals surface area contributed by atoms with E-state index in [0.717, 1.165) is 30.3 Å². The van der Waals surface area contributed by atoms with E-state index in [1.165, 1.54) is 19.4 Å². The van der Waals surface area contributed by atoms with Crippen LogP contribution in [-0.4, -0.2) is 30.0 Å². The number of hydrogen-bond acceptors (Lipinski definition) is 3. The molecule has 1 heterocycles. The normalized spacial score (nSPS) is 15.9. The second-order valence-electron chi connectivity index (χ2n) is 4.54. The Morgan fingerprint density at radius 2 is 2.27 bits per heavy atom. The summed E-state index contributed by atoms with van der Waals surface area (Å²) in [7, 11) is 2.19. The maximum absolute atomic E-state index is 5.58. The number of pyridine rings is 1. The highest BCUT2D eigenvalue weighted by molar-refractivity contribution is 5.34. The lowest BCUT2D eigenvalue weighted by atomic mass is 10.2. The summed E-state index contributed by atoms with van der Waals surface area (Å²) in [6.07, 6.45) is 5.59. The van der Waals surface area contributed by atoms with Crippen LogP contribution >= 0.6 is 0 Å². The van der Waals surface area contributed by atoms with Crippen LogP contribution in [0.3, 0.4) is 0 Å². The lowest BCUT2D eigenvalue weighted by Crippen LogP contribution is -2.23. The lowest BCUT2D eigenvalue weighted by molar-refractivity contribution is 0.323. The average molecular weight is 205 g/mol. The largest absolute Gasteiger partial charge is 0.397 e. The van der Waals surface area contributed by atoms with Crippen molar-refractivity contribution in [2.75, 3.05) is 25.9 Å². The third kappa shape index (κ3) is 3.51. The van der Waals surface area contributed by atoms with Gasteiger partial charge in [0.25, 0.3) is 0 Å². The van der Waals surface area contributed by atoms with Crippen molar-refractivity contribution in [3.05, 3.63) is 24.0 Å².